The SMILES string of the molecule is C[C@]1(O)CCCC[C@@H]1Nc1nc(C2=CNC3NC=C(Cl)C=C23)ncc1F. The summed E-state index contributed by atoms with van der Waals surface area (Å²) in [5, 5.41) is 20.5. The van der Waals surface area contributed by atoms with Crippen LogP contribution in [0.1, 0.15) is 38.4 Å². The molecule has 3 heterocycles. The normalized spacial score (nSPS) is 30.4. The molecule has 1 aliphatic carbocycles. The van der Waals surface area contributed by atoms with Crippen molar-refractivity contribution in [2.45, 2.75) is 50.4 Å². The Kier molecular flexibility index (Phi) is 4.36. The minimum Gasteiger partial charge on any atom is -0.388 e. The number of anilines is 1. The van der Waals surface area contributed by atoms with Gasteiger partial charge in [-0.25, -0.2) is 14.4 Å². The van der Waals surface area contributed by atoms with E-state index < -0.39 is 11.4 Å². The van der Waals surface area contributed by atoms with Gasteiger partial charge in [0.15, 0.2) is 17.5 Å². The van der Waals surface area contributed by atoms with Crippen molar-refractivity contribution in [2.24, 2.45) is 0 Å². The Morgan fingerprint density at radius 3 is 2.96 bits per heavy atom. The molecule has 0 aromatic carbocycles. The monoisotopic (exact) mass is 377 g/mol. The number of nitrogens with zero attached hydrogens (tertiary/aromatic N) is 2. The largest absolute Gasteiger partial charge is 0.388 e. The van der Waals surface area contributed by atoms with E-state index in [-0.39, 0.29) is 18.0 Å². The van der Waals surface area contributed by atoms with Gasteiger partial charge in [-0.2, -0.15) is 0 Å². The summed E-state index contributed by atoms with van der Waals surface area (Å²) in [7, 11) is 0. The molecule has 26 heavy (non-hydrogen) atoms. The Bertz CT molecular complexity index is 820. The summed E-state index contributed by atoms with van der Waals surface area (Å²) >= 11 is 6.08. The van der Waals surface area contributed by atoms with Crippen LogP contribution in [-0.4, -0.2) is 32.9 Å². The number of nitrogens with one attached hydrogen (secondary N) is 3. The van der Waals surface area contributed by atoms with Crippen LogP contribution in [0, 0.1) is 5.82 Å². The summed E-state index contributed by atoms with van der Waals surface area (Å²) in [4.78, 5) is 8.52. The maximum absolute atomic E-state index is 14.3. The molecule has 0 spiro atoms. The number of hydrogen-bond donors (Lipinski definition) is 4. The van der Waals surface area contributed by atoms with Crippen molar-refractivity contribution in [1.82, 2.24) is 20.6 Å². The minimum atomic E-state index is -0.886. The second kappa shape index (κ2) is 6.55. The van der Waals surface area contributed by atoms with Gasteiger partial charge in [0.05, 0.1) is 22.9 Å². The van der Waals surface area contributed by atoms with Crippen molar-refractivity contribution in [1.29, 1.82) is 0 Å². The highest BCUT2D eigenvalue weighted by Crippen LogP contribution is 2.33. The molecule has 3 atom stereocenters. The zero-order valence-corrected chi connectivity index (χ0v) is 15.1. The van der Waals surface area contributed by atoms with Gasteiger partial charge in [0.1, 0.15) is 6.17 Å². The molecule has 4 N–H and O–H groups in total. The fourth-order valence-electron chi connectivity index (χ4n) is 3.65. The Morgan fingerprint density at radius 2 is 2.15 bits per heavy atom. The van der Waals surface area contributed by atoms with Gasteiger partial charge >= 0.3 is 0 Å². The summed E-state index contributed by atoms with van der Waals surface area (Å²) in [6, 6.07) is -0.245. The van der Waals surface area contributed by atoms with Gasteiger partial charge in [-0.05, 0) is 25.8 Å². The second-order valence-corrected chi connectivity index (χ2v) is 7.58. The van der Waals surface area contributed by atoms with Crippen LogP contribution in [0.2, 0.25) is 0 Å². The predicted molar refractivity (Wildman–Crippen MR) is 98.5 cm³/mol. The van der Waals surface area contributed by atoms with Gasteiger partial charge in [0, 0.05) is 23.5 Å². The van der Waals surface area contributed by atoms with Crippen molar-refractivity contribution >= 4 is 23.0 Å². The fraction of sp³-hybridized carbons (Fsp3) is 0.444. The number of dihydropyridines is 1. The van der Waals surface area contributed by atoms with Gasteiger partial charge in [0.25, 0.3) is 0 Å². The van der Waals surface area contributed by atoms with Gasteiger partial charge in [-0.1, -0.05) is 24.4 Å². The van der Waals surface area contributed by atoms with Crippen LogP contribution >= 0.6 is 11.6 Å². The lowest BCUT2D eigenvalue weighted by Gasteiger charge is -2.37. The van der Waals surface area contributed by atoms with E-state index in [1.165, 1.54) is 0 Å². The number of halogens is 2. The van der Waals surface area contributed by atoms with E-state index in [0.29, 0.717) is 17.3 Å². The highest BCUT2D eigenvalue weighted by molar-refractivity contribution is 6.31. The number of aromatic nitrogens is 2. The van der Waals surface area contributed by atoms with Crippen molar-refractivity contribution in [3.05, 3.63) is 46.9 Å². The molecule has 138 valence electrons. The first-order valence-electron chi connectivity index (χ1n) is 8.76. The lowest BCUT2D eigenvalue weighted by atomic mass is 9.82. The summed E-state index contributed by atoms with van der Waals surface area (Å²) in [6.07, 6.45) is 9.81. The molecule has 6 nitrogen and oxygen atoms in total. The first-order chi connectivity index (χ1) is 12.4. The first kappa shape index (κ1) is 17.3. The highest BCUT2D eigenvalue weighted by Gasteiger charge is 2.35. The van der Waals surface area contributed by atoms with Gasteiger partial charge in [-0.3, -0.25) is 0 Å². The van der Waals surface area contributed by atoms with Crippen molar-refractivity contribution in [3.63, 3.8) is 0 Å². The number of aliphatic hydroxyl groups is 1. The molecule has 8 heteroatoms. The summed E-state index contributed by atoms with van der Waals surface area (Å²) in [6.45, 7) is 1.78. The maximum atomic E-state index is 14.3. The van der Waals surface area contributed by atoms with Crippen molar-refractivity contribution < 1.29 is 9.50 Å². The Labute approximate surface area is 156 Å². The van der Waals surface area contributed by atoms with Gasteiger partial charge < -0.3 is 21.1 Å². The molecule has 4 rings (SSSR count). The number of hydrogen-bond acceptors (Lipinski definition) is 6. The molecular formula is C18H21ClFN5O. The maximum Gasteiger partial charge on any atom is 0.183 e. The lowest BCUT2D eigenvalue weighted by molar-refractivity contribution is 0.0103. The molecule has 1 aromatic rings. The molecule has 0 saturated heterocycles. The number of fused-ring (bicyclic) bond motifs is 1. The second-order valence-electron chi connectivity index (χ2n) is 7.14. The zero-order chi connectivity index (χ0) is 18.3. The summed E-state index contributed by atoms with van der Waals surface area (Å²) < 4.78 is 14.3. The first-order valence-corrected chi connectivity index (χ1v) is 9.13. The van der Waals surface area contributed by atoms with Gasteiger partial charge in [-0.15, -0.1) is 0 Å². The Balaban J connectivity index is 1.62. The van der Waals surface area contributed by atoms with Crippen LogP contribution in [0.4, 0.5) is 10.2 Å². The number of rotatable bonds is 3. The molecule has 0 bridgehead atoms. The zero-order valence-electron chi connectivity index (χ0n) is 14.4. The van der Waals surface area contributed by atoms with Crippen molar-refractivity contribution in [2.75, 3.05) is 5.32 Å². The van der Waals surface area contributed by atoms with E-state index in [1.807, 2.05) is 6.08 Å². The van der Waals surface area contributed by atoms with Crippen LogP contribution in [0.25, 0.3) is 5.57 Å². The molecule has 0 amide bonds. The van der Waals surface area contributed by atoms with Crippen LogP contribution < -0.4 is 16.0 Å². The van der Waals surface area contributed by atoms with E-state index in [9.17, 15) is 9.50 Å². The van der Waals surface area contributed by atoms with E-state index in [4.69, 9.17) is 11.6 Å². The molecule has 2 aliphatic heterocycles. The Hall–Kier alpha value is -2.12. The van der Waals surface area contributed by atoms with Crippen molar-refractivity contribution in [3.8, 4) is 0 Å². The summed E-state index contributed by atoms with van der Waals surface area (Å²) in [5.41, 5.74) is 0.773. The third kappa shape index (κ3) is 3.17. The van der Waals surface area contributed by atoms with Crippen LogP contribution in [0.5, 0.6) is 0 Å². The summed E-state index contributed by atoms with van der Waals surface area (Å²) in [5.74, 6) is -0.0248. The van der Waals surface area contributed by atoms with E-state index >= 15 is 0 Å². The van der Waals surface area contributed by atoms with Crippen LogP contribution in [-0.2, 0) is 0 Å². The average Bonchev–Trinajstić information content (AvgIpc) is 3.01. The molecule has 1 unspecified atom stereocenters. The van der Waals surface area contributed by atoms with E-state index in [2.05, 4.69) is 25.9 Å². The minimum absolute atomic E-state index is 0.100. The third-order valence-corrected chi connectivity index (χ3v) is 5.39. The molecule has 1 fully saturated rings. The topological polar surface area (TPSA) is 82.1 Å². The molecule has 1 aromatic heterocycles. The highest BCUT2D eigenvalue weighted by atomic mass is 35.5. The third-order valence-electron chi connectivity index (χ3n) is 5.17. The number of allylic oxidation sites excluding steroid dienone is 2. The standard InChI is InChI=1S/C18H21ClFN5O/c1-18(26)5-3-2-4-14(18)24-17-13(20)9-23-16(25-17)12-8-22-15-11(12)6-10(19)7-21-15/h6-9,14-15,21-22,26H,2-5H2,1H3,(H,23,24,25)/t14-,15?,18-/m0/s1. The smallest absolute Gasteiger partial charge is 0.183 e. The fourth-order valence-corrected chi connectivity index (χ4v) is 3.83. The molecule has 3 aliphatic rings. The van der Waals surface area contributed by atoms with Gasteiger partial charge in [0.2, 0.25) is 0 Å². The van der Waals surface area contributed by atoms with E-state index in [1.54, 1.807) is 19.3 Å². The van der Waals surface area contributed by atoms with Crippen LogP contribution in [0.15, 0.2) is 35.3 Å². The predicted octanol–water partition coefficient (Wildman–Crippen LogP) is 2.60. The Morgan fingerprint density at radius 1 is 1.35 bits per heavy atom. The van der Waals surface area contributed by atoms with E-state index in [0.717, 1.165) is 36.6 Å². The molecule has 1 saturated carbocycles. The quantitative estimate of drug-likeness (QED) is 0.648. The average molecular weight is 378 g/mol. The van der Waals surface area contributed by atoms with Crippen LogP contribution in [0.3, 0.4) is 0 Å². The lowest BCUT2D eigenvalue weighted by Crippen LogP contribution is -2.47. The molecule has 0 radical (unpaired) electrons. The molecular weight excluding hydrogens is 357 g/mol.